The third-order valence-corrected chi connectivity index (χ3v) is 2.21. The molecule has 94 valence electrons. The van der Waals surface area contributed by atoms with E-state index in [9.17, 15) is 0 Å². The molecule has 1 N–H and O–H groups in total. The third-order valence-electron chi connectivity index (χ3n) is 2.21. The molecule has 0 heterocycles. The predicted molar refractivity (Wildman–Crippen MR) is 64.4 cm³/mol. The summed E-state index contributed by atoms with van der Waals surface area (Å²) in [6, 6.07) is 0. The molecule has 0 saturated heterocycles. The minimum atomic E-state index is -2.86. The van der Waals surface area contributed by atoms with Gasteiger partial charge in [0.2, 0.25) is 0 Å². The second-order valence-electron chi connectivity index (χ2n) is 3.69. The van der Waals surface area contributed by atoms with E-state index in [0.717, 1.165) is 0 Å². The number of unbranched alkanes of at least 4 members (excludes halogenated alkanes) is 8. The van der Waals surface area contributed by atoms with Crippen LogP contribution in [0.4, 0.5) is 0 Å². The molecular formula is C11H25LiO3S. The Morgan fingerprint density at radius 1 is 0.875 bits per heavy atom. The standard InChI is InChI=1S/C11H24.Li.H2O3S/c1-3-5-7-9-11-10-8-6-4-2;;1-4(2)3/h3-11H2,1-2H3;;(H2,1,2,3)/q;+1;/p-1. The van der Waals surface area contributed by atoms with Gasteiger partial charge in [0.15, 0.2) is 0 Å². The molecule has 3 nitrogen and oxygen atoms in total. The minimum Gasteiger partial charge on any atom is -0.750 e. The second kappa shape index (κ2) is 21.0. The van der Waals surface area contributed by atoms with E-state index in [1.54, 1.807) is 0 Å². The van der Waals surface area contributed by atoms with Gasteiger partial charge in [0.05, 0.1) is 11.4 Å². The molecule has 16 heavy (non-hydrogen) atoms. The van der Waals surface area contributed by atoms with E-state index in [2.05, 4.69) is 13.8 Å². The summed E-state index contributed by atoms with van der Waals surface area (Å²) in [6.07, 6.45) is 13.0. The zero-order valence-corrected chi connectivity index (χ0v) is 11.9. The van der Waals surface area contributed by atoms with Crippen molar-refractivity contribution >= 4 is 11.4 Å². The summed E-state index contributed by atoms with van der Waals surface area (Å²) in [5.41, 5.74) is 0. The van der Waals surface area contributed by atoms with Crippen LogP contribution in [0.2, 0.25) is 0 Å². The smallest absolute Gasteiger partial charge is 0.750 e. The van der Waals surface area contributed by atoms with Crippen LogP contribution in [0.5, 0.6) is 0 Å². The van der Waals surface area contributed by atoms with Crippen molar-refractivity contribution in [2.24, 2.45) is 0 Å². The van der Waals surface area contributed by atoms with Crippen LogP contribution < -0.4 is 18.9 Å². The van der Waals surface area contributed by atoms with Crippen LogP contribution in [0.25, 0.3) is 0 Å². The Morgan fingerprint density at radius 3 is 1.25 bits per heavy atom. The molecule has 0 aromatic heterocycles. The molecule has 0 aliphatic rings. The minimum absolute atomic E-state index is 0. The fourth-order valence-electron chi connectivity index (χ4n) is 1.38. The molecule has 0 amide bonds. The van der Waals surface area contributed by atoms with Crippen LogP contribution in [0.3, 0.4) is 0 Å². The van der Waals surface area contributed by atoms with E-state index in [1.807, 2.05) is 0 Å². The maximum atomic E-state index is 8.56. The van der Waals surface area contributed by atoms with Crippen molar-refractivity contribution in [1.29, 1.82) is 0 Å². The third kappa shape index (κ3) is 36.5. The summed E-state index contributed by atoms with van der Waals surface area (Å²) in [4.78, 5) is 0. The Kier molecular flexibility index (Phi) is 28.8. The van der Waals surface area contributed by atoms with Gasteiger partial charge in [0, 0.05) is 0 Å². The zero-order valence-electron chi connectivity index (χ0n) is 11.0. The van der Waals surface area contributed by atoms with E-state index in [1.165, 1.54) is 57.8 Å². The summed E-state index contributed by atoms with van der Waals surface area (Å²) in [5, 5.41) is 0. The van der Waals surface area contributed by atoms with Crippen molar-refractivity contribution in [3.8, 4) is 0 Å². The number of hydrogen-bond donors (Lipinski definition) is 1. The van der Waals surface area contributed by atoms with Gasteiger partial charge in [-0.25, -0.2) is 4.21 Å². The Balaban J connectivity index is -0.000000292. The summed E-state index contributed by atoms with van der Waals surface area (Å²) in [6.45, 7) is 4.55. The molecule has 0 rings (SSSR count). The molecule has 0 aromatic carbocycles. The van der Waals surface area contributed by atoms with Crippen molar-refractivity contribution in [3.05, 3.63) is 0 Å². The topological polar surface area (TPSA) is 60.4 Å². The first-order chi connectivity index (χ1) is 7.15. The van der Waals surface area contributed by atoms with Crippen LogP contribution in [0.1, 0.15) is 71.6 Å². The first-order valence-corrected chi connectivity index (χ1v) is 6.96. The number of hydrogen-bond acceptors (Lipinski definition) is 2. The summed E-state index contributed by atoms with van der Waals surface area (Å²) in [7, 11) is 0. The zero-order chi connectivity index (χ0) is 11.9. The van der Waals surface area contributed by atoms with Crippen LogP contribution in [-0.4, -0.2) is 13.3 Å². The maximum Gasteiger partial charge on any atom is 1.00 e. The summed E-state index contributed by atoms with van der Waals surface area (Å²) >= 11 is -2.86. The van der Waals surface area contributed by atoms with Gasteiger partial charge in [0.25, 0.3) is 0 Å². The fourth-order valence-corrected chi connectivity index (χ4v) is 1.38. The Hall–Kier alpha value is 0.667. The molecule has 0 aliphatic carbocycles. The van der Waals surface area contributed by atoms with Gasteiger partial charge in [-0.15, -0.1) is 0 Å². The van der Waals surface area contributed by atoms with Crippen molar-refractivity contribution in [1.82, 2.24) is 0 Å². The van der Waals surface area contributed by atoms with Crippen molar-refractivity contribution in [3.63, 3.8) is 0 Å². The second-order valence-corrected chi connectivity index (χ2v) is 4.13. The molecule has 1 unspecified atom stereocenters. The maximum absolute atomic E-state index is 8.56. The average molecular weight is 244 g/mol. The van der Waals surface area contributed by atoms with Crippen molar-refractivity contribution in [2.45, 2.75) is 71.6 Å². The molecule has 0 bridgehead atoms. The Bertz CT molecular complexity index is 122. The quantitative estimate of drug-likeness (QED) is 0.392. The molecule has 0 saturated carbocycles. The van der Waals surface area contributed by atoms with Crippen LogP contribution in [-0.2, 0) is 11.4 Å². The summed E-state index contributed by atoms with van der Waals surface area (Å²) < 4.78 is 24.1. The van der Waals surface area contributed by atoms with E-state index in [4.69, 9.17) is 13.3 Å². The van der Waals surface area contributed by atoms with Gasteiger partial charge in [-0.1, -0.05) is 71.6 Å². The molecule has 1 atom stereocenters. The largest absolute Gasteiger partial charge is 1.00 e. The molecule has 0 spiro atoms. The van der Waals surface area contributed by atoms with Gasteiger partial charge in [0.1, 0.15) is 0 Å². The first kappa shape index (κ1) is 21.9. The van der Waals surface area contributed by atoms with Crippen molar-refractivity contribution in [2.75, 3.05) is 0 Å². The first-order valence-electron chi connectivity index (χ1n) is 5.93. The van der Waals surface area contributed by atoms with E-state index in [-0.39, 0.29) is 18.9 Å². The monoisotopic (exact) mass is 244 g/mol. The normalized spacial score (nSPS) is 11.0. The van der Waals surface area contributed by atoms with Gasteiger partial charge in [-0.2, -0.15) is 0 Å². The SMILES string of the molecule is CCCCCCCCCCC.O=S([O-])O.[Li+]. The summed E-state index contributed by atoms with van der Waals surface area (Å²) in [5.74, 6) is 0. The van der Waals surface area contributed by atoms with Gasteiger partial charge >= 0.3 is 18.9 Å². The Labute approximate surface area is 115 Å². The predicted octanol–water partition coefficient (Wildman–Crippen LogP) is 0.880. The Morgan fingerprint density at radius 2 is 1.06 bits per heavy atom. The fraction of sp³-hybridized carbons (Fsp3) is 1.00. The number of rotatable bonds is 8. The molecule has 0 radical (unpaired) electrons. The molecular weight excluding hydrogens is 219 g/mol. The van der Waals surface area contributed by atoms with E-state index < -0.39 is 11.4 Å². The molecule has 0 aliphatic heterocycles. The van der Waals surface area contributed by atoms with Crippen LogP contribution in [0, 0.1) is 0 Å². The van der Waals surface area contributed by atoms with E-state index >= 15 is 0 Å². The van der Waals surface area contributed by atoms with Crippen molar-refractivity contribution < 1.29 is 32.2 Å². The van der Waals surface area contributed by atoms with Gasteiger partial charge in [-0.3, -0.25) is 0 Å². The van der Waals surface area contributed by atoms with E-state index in [0.29, 0.717) is 0 Å². The van der Waals surface area contributed by atoms with Crippen LogP contribution >= 0.6 is 0 Å². The molecule has 0 aromatic rings. The molecule has 0 fully saturated rings. The van der Waals surface area contributed by atoms with Gasteiger partial charge < -0.3 is 9.11 Å². The van der Waals surface area contributed by atoms with Gasteiger partial charge in [-0.05, 0) is 0 Å². The molecule has 5 heteroatoms. The van der Waals surface area contributed by atoms with Crippen LogP contribution in [0.15, 0.2) is 0 Å². The average Bonchev–Trinajstić information content (AvgIpc) is 2.16.